The number of rotatable bonds is 3. The van der Waals surface area contributed by atoms with Crippen LogP contribution in [-0.2, 0) is 0 Å². The Kier molecular flexibility index (Phi) is 3.90. The molecule has 152 valence electrons. The van der Waals surface area contributed by atoms with Crippen LogP contribution in [-0.4, -0.2) is 0 Å². The van der Waals surface area contributed by atoms with E-state index in [1.165, 1.54) is 67.1 Å². The highest BCUT2D eigenvalue weighted by Gasteiger charge is 2.28. The van der Waals surface area contributed by atoms with Gasteiger partial charge in [0.2, 0.25) is 0 Å². The molecule has 0 heteroatoms. The Hall–Kier alpha value is -3.64. The maximum absolute atomic E-state index is 2.52. The maximum Gasteiger partial charge on any atom is 0.0102 e. The molecule has 0 atom stereocenters. The molecule has 0 spiro atoms. The van der Waals surface area contributed by atoms with E-state index in [0.29, 0.717) is 11.8 Å². The molecule has 0 bridgehead atoms. The van der Waals surface area contributed by atoms with Crippen LogP contribution in [0.25, 0.3) is 44.8 Å². The summed E-state index contributed by atoms with van der Waals surface area (Å²) in [5, 5.41) is 8.36. The van der Waals surface area contributed by atoms with E-state index in [-0.39, 0.29) is 0 Å². The van der Waals surface area contributed by atoms with E-state index in [0.717, 1.165) is 0 Å². The molecule has 0 saturated carbocycles. The Morgan fingerprint density at radius 2 is 0.875 bits per heavy atom. The van der Waals surface area contributed by atoms with Crippen molar-refractivity contribution in [2.45, 2.75) is 18.8 Å². The minimum atomic E-state index is 0.485. The second-order valence-corrected chi connectivity index (χ2v) is 9.22. The molecule has 0 heterocycles. The molecule has 2 aliphatic rings. The molecule has 0 radical (unpaired) electrons. The second kappa shape index (κ2) is 6.93. The fourth-order valence-electron chi connectivity index (χ4n) is 6.13. The molecule has 5 aromatic rings. The summed E-state index contributed by atoms with van der Waals surface area (Å²) in [5.74, 6) is 0.987. The Morgan fingerprint density at radius 3 is 1.41 bits per heavy atom. The third-order valence-electron chi connectivity index (χ3n) is 7.53. The van der Waals surface area contributed by atoms with Crippen LogP contribution in [0.15, 0.2) is 97.1 Å². The minimum Gasteiger partial charge on any atom is -0.0691 e. The Bertz CT molecular complexity index is 1520. The van der Waals surface area contributed by atoms with Crippen LogP contribution in [0.4, 0.5) is 0 Å². The molecule has 5 aromatic carbocycles. The number of hydrogen-bond donors (Lipinski definition) is 0. The fraction of sp³-hybridized carbons (Fsp3) is 0.125. The van der Waals surface area contributed by atoms with Crippen molar-refractivity contribution in [2.75, 3.05) is 0 Å². The largest absolute Gasteiger partial charge is 0.0691 e. The molecule has 0 fully saturated rings. The molecule has 0 N–H and O–H groups in total. The normalized spacial score (nSPS) is 14.8. The lowest BCUT2D eigenvalue weighted by atomic mass is 9.89. The lowest BCUT2D eigenvalue weighted by Gasteiger charge is -2.15. The van der Waals surface area contributed by atoms with Crippen molar-refractivity contribution < 1.29 is 0 Å². The Morgan fingerprint density at radius 1 is 0.438 bits per heavy atom. The van der Waals surface area contributed by atoms with Gasteiger partial charge in [-0.25, -0.2) is 0 Å². The monoisotopic (exact) mass is 408 g/mol. The summed E-state index contributed by atoms with van der Waals surface area (Å²) < 4.78 is 0. The minimum absolute atomic E-state index is 0.485. The molecule has 2 aliphatic carbocycles. The highest BCUT2D eigenvalue weighted by molar-refractivity contribution is 6.08. The van der Waals surface area contributed by atoms with E-state index in [9.17, 15) is 0 Å². The molecular weight excluding hydrogens is 384 g/mol. The maximum atomic E-state index is 2.52. The van der Waals surface area contributed by atoms with Crippen molar-refractivity contribution >= 4 is 33.7 Å². The van der Waals surface area contributed by atoms with Crippen molar-refractivity contribution in [3.05, 3.63) is 119 Å². The van der Waals surface area contributed by atoms with Crippen LogP contribution in [0.5, 0.6) is 0 Å². The topological polar surface area (TPSA) is 0 Å². The van der Waals surface area contributed by atoms with E-state index >= 15 is 0 Å². The van der Waals surface area contributed by atoms with E-state index in [1.54, 1.807) is 0 Å². The summed E-state index contributed by atoms with van der Waals surface area (Å²) in [6.07, 6.45) is 7.40. The first kappa shape index (κ1) is 18.0. The number of hydrogen-bond acceptors (Lipinski definition) is 0. The van der Waals surface area contributed by atoms with Crippen molar-refractivity contribution in [1.82, 2.24) is 0 Å². The van der Waals surface area contributed by atoms with Crippen LogP contribution in [0.2, 0.25) is 0 Å². The zero-order chi connectivity index (χ0) is 21.1. The van der Waals surface area contributed by atoms with Gasteiger partial charge in [-0.05, 0) is 73.0 Å². The van der Waals surface area contributed by atoms with Gasteiger partial charge in [0, 0.05) is 5.92 Å². The van der Waals surface area contributed by atoms with E-state index < -0.39 is 0 Å². The molecule has 0 amide bonds. The molecular formula is C32H24. The first-order valence-electron chi connectivity index (χ1n) is 11.7. The van der Waals surface area contributed by atoms with Gasteiger partial charge in [-0.15, -0.1) is 0 Å². The van der Waals surface area contributed by atoms with Crippen molar-refractivity contribution in [3.8, 4) is 11.1 Å². The molecule has 0 aliphatic heterocycles. The van der Waals surface area contributed by atoms with Crippen molar-refractivity contribution in [3.63, 3.8) is 0 Å². The van der Waals surface area contributed by atoms with Gasteiger partial charge in [-0.3, -0.25) is 0 Å². The second-order valence-electron chi connectivity index (χ2n) is 9.22. The first-order chi connectivity index (χ1) is 15.9. The Labute approximate surface area is 188 Å². The predicted molar refractivity (Wildman–Crippen MR) is 136 cm³/mol. The van der Waals surface area contributed by atoms with Gasteiger partial charge in [0.25, 0.3) is 0 Å². The van der Waals surface area contributed by atoms with Gasteiger partial charge >= 0.3 is 0 Å². The lowest BCUT2D eigenvalue weighted by Crippen LogP contribution is -2.23. The molecule has 7 rings (SSSR count). The summed E-state index contributed by atoms with van der Waals surface area (Å²) >= 11 is 0. The Balaban J connectivity index is 1.30. The van der Waals surface area contributed by atoms with Crippen LogP contribution in [0.3, 0.4) is 0 Å². The SMILES string of the molecule is C1=c2c(c3ccccc3c3ccccc23)=CC1CCC1c2ccccc2-c2ccccc21. The van der Waals surface area contributed by atoms with Crippen LogP contribution >= 0.6 is 0 Å². The highest BCUT2D eigenvalue weighted by Crippen LogP contribution is 2.47. The van der Waals surface area contributed by atoms with Crippen LogP contribution in [0, 0.1) is 5.92 Å². The molecule has 0 saturated heterocycles. The highest BCUT2D eigenvalue weighted by atomic mass is 14.3. The number of fused-ring (bicyclic) bond motifs is 9. The van der Waals surface area contributed by atoms with Gasteiger partial charge in [0.1, 0.15) is 0 Å². The van der Waals surface area contributed by atoms with Gasteiger partial charge in [0.15, 0.2) is 0 Å². The molecule has 0 unspecified atom stereocenters. The van der Waals surface area contributed by atoms with E-state index in [4.69, 9.17) is 0 Å². The molecule has 0 nitrogen and oxygen atoms in total. The zero-order valence-corrected chi connectivity index (χ0v) is 18.0. The van der Waals surface area contributed by atoms with Gasteiger partial charge < -0.3 is 0 Å². The summed E-state index contributed by atoms with van der Waals surface area (Å²) in [4.78, 5) is 0. The van der Waals surface area contributed by atoms with E-state index in [1.807, 2.05) is 0 Å². The predicted octanol–water partition coefficient (Wildman–Crippen LogP) is 6.78. The van der Waals surface area contributed by atoms with E-state index in [2.05, 4.69) is 109 Å². The molecule has 32 heavy (non-hydrogen) atoms. The summed E-state index contributed by atoms with van der Waals surface area (Å²) in [6.45, 7) is 0. The van der Waals surface area contributed by atoms with Gasteiger partial charge in [-0.1, -0.05) is 109 Å². The number of benzene rings is 5. The van der Waals surface area contributed by atoms with Crippen molar-refractivity contribution in [1.29, 1.82) is 0 Å². The third-order valence-corrected chi connectivity index (χ3v) is 7.53. The smallest absolute Gasteiger partial charge is 0.0102 e. The summed E-state index contributed by atoms with van der Waals surface area (Å²) in [7, 11) is 0. The van der Waals surface area contributed by atoms with Gasteiger partial charge in [-0.2, -0.15) is 0 Å². The van der Waals surface area contributed by atoms with Crippen LogP contribution < -0.4 is 10.4 Å². The standard InChI is InChI=1S/C32H24/c1-3-13-26-22(9-1)23-10-2-4-14-27(23)30(26)18-17-21-19-31-28-15-7-5-11-24(28)25-12-6-8-16-29(25)32(31)20-21/h1-16,19-21,30H,17-18H2. The zero-order valence-electron chi connectivity index (χ0n) is 18.0. The lowest BCUT2D eigenvalue weighted by molar-refractivity contribution is 0.644. The average Bonchev–Trinajstić information content (AvgIpc) is 3.43. The first-order valence-corrected chi connectivity index (χ1v) is 11.7. The average molecular weight is 409 g/mol. The summed E-state index contributed by atoms with van der Waals surface area (Å²) in [5.41, 5.74) is 5.85. The quantitative estimate of drug-likeness (QED) is 0.289. The third kappa shape index (κ3) is 2.56. The van der Waals surface area contributed by atoms with Crippen LogP contribution in [0.1, 0.15) is 29.9 Å². The van der Waals surface area contributed by atoms with Crippen molar-refractivity contribution in [2.24, 2.45) is 5.92 Å². The van der Waals surface area contributed by atoms with Gasteiger partial charge in [0.05, 0.1) is 0 Å². The molecule has 0 aromatic heterocycles. The fourth-order valence-corrected chi connectivity index (χ4v) is 6.13. The summed E-state index contributed by atoms with van der Waals surface area (Å²) in [6, 6.07) is 35.7.